The Hall–Kier alpha value is -3.86. The van der Waals surface area contributed by atoms with Gasteiger partial charge in [0.05, 0.1) is 0 Å². The van der Waals surface area contributed by atoms with E-state index in [9.17, 15) is 10.5 Å². The van der Waals surface area contributed by atoms with Gasteiger partial charge in [0.1, 0.15) is 0 Å². The molecule has 32 heavy (non-hydrogen) atoms. The van der Waals surface area contributed by atoms with Gasteiger partial charge in [0.2, 0.25) is 0 Å². The molecular formula is C26H12N4Se2. The van der Waals surface area contributed by atoms with Crippen LogP contribution in [0.1, 0.15) is 0 Å². The topological polar surface area (TPSA) is 56.3 Å². The van der Waals surface area contributed by atoms with Crippen LogP contribution in [-0.2, 0) is 0 Å². The van der Waals surface area contributed by atoms with Crippen molar-refractivity contribution in [1.29, 1.82) is 10.5 Å². The third-order valence-electron chi connectivity index (χ3n) is 4.74. The Bertz CT molecular complexity index is 1540. The molecule has 0 atom stereocenters. The van der Waals surface area contributed by atoms with E-state index in [0.717, 1.165) is 38.6 Å². The minimum atomic E-state index is -0.233. The van der Waals surface area contributed by atoms with Gasteiger partial charge in [-0.05, 0) is 0 Å². The zero-order valence-electron chi connectivity index (χ0n) is 16.5. The Morgan fingerprint density at radius 2 is 1.12 bits per heavy atom. The number of nitrogens with zero attached hydrogens (tertiary/aromatic N) is 4. The summed E-state index contributed by atoms with van der Waals surface area (Å²) >= 11 is -0.460. The normalized spacial score (nSPS) is 10.9. The van der Waals surface area contributed by atoms with E-state index in [1.165, 1.54) is 0 Å². The maximum absolute atomic E-state index is 9.46. The Balaban J connectivity index is 2.30. The molecule has 0 N–H and O–H groups in total. The molecule has 0 aliphatic rings. The van der Waals surface area contributed by atoms with Crippen LogP contribution in [0, 0.1) is 44.0 Å². The molecule has 0 radical (unpaired) electrons. The second-order valence-electron chi connectivity index (χ2n) is 6.58. The molecule has 0 fully saturated rings. The summed E-state index contributed by atoms with van der Waals surface area (Å²) in [7, 11) is 0. The van der Waals surface area contributed by atoms with Crippen molar-refractivity contribution in [1.82, 2.24) is 0 Å². The summed E-state index contributed by atoms with van der Waals surface area (Å²) in [4.78, 5) is 6.89. The second-order valence-corrected chi connectivity index (χ2v) is 11.0. The van der Waals surface area contributed by atoms with Crippen molar-refractivity contribution < 1.29 is 0 Å². The predicted octanol–water partition coefficient (Wildman–Crippen LogP) is 3.52. The van der Waals surface area contributed by atoms with Crippen molar-refractivity contribution in [2.24, 2.45) is 0 Å². The average Bonchev–Trinajstić information content (AvgIpc) is 3.47. The zero-order valence-corrected chi connectivity index (χ0v) is 20.0. The fourth-order valence-electron chi connectivity index (χ4n) is 3.29. The van der Waals surface area contributed by atoms with Crippen LogP contribution in [0.25, 0.3) is 43.3 Å². The number of hydrogen-bond donors (Lipinski definition) is 0. The monoisotopic (exact) mass is 540 g/mol. The molecule has 4 nitrogen and oxygen atoms in total. The van der Waals surface area contributed by atoms with Crippen LogP contribution < -0.4 is 8.19 Å². The zero-order chi connectivity index (χ0) is 22.5. The Labute approximate surface area is 196 Å². The SMILES string of the molecule is [C-]#[N+]C([N+]#[C-])=c1cc(-c2ccccc2)/c(=c2\[se]c(=C(C#N)C#N)cc2-c2ccccc2)[se]1. The van der Waals surface area contributed by atoms with Crippen LogP contribution in [0.5, 0.6) is 0 Å². The maximum atomic E-state index is 9.46. The molecule has 4 aromatic rings. The first-order valence-electron chi connectivity index (χ1n) is 9.38. The van der Waals surface area contributed by atoms with E-state index in [4.69, 9.17) is 13.1 Å². The quantitative estimate of drug-likeness (QED) is 0.290. The van der Waals surface area contributed by atoms with Crippen LogP contribution in [-0.4, -0.2) is 29.0 Å². The second kappa shape index (κ2) is 9.52. The van der Waals surface area contributed by atoms with E-state index in [1.807, 2.05) is 84.9 Å². The molecule has 2 aromatic heterocycles. The Morgan fingerprint density at radius 3 is 1.56 bits per heavy atom. The van der Waals surface area contributed by atoms with Gasteiger partial charge in [0.15, 0.2) is 0 Å². The summed E-state index contributed by atoms with van der Waals surface area (Å²) in [5, 5.41) is 18.9. The van der Waals surface area contributed by atoms with Crippen molar-refractivity contribution >= 4 is 40.4 Å². The number of benzene rings is 2. The molecule has 4 rings (SSSR count). The summed E-state index contributed by atoms with van der Waals surface area (Å²) in [5.41, 5.74) is 4.22. The van der Waals surface area contributed by atoms with Crippen molar-refractivity contribution in [3.05, 3.63) is 112 Å². The number of hydrogen-bond acceptors (Lipinski definition) is 2. The fourth-order valence-corrected chi connectivity index (χ4v) is 8.70. The number of nitriles is 2. The first kappa shape index (κ1) is 21.4. The van der Waals surface area contributed by atoms with E-state index in [2.05, 4.69) is 9.69 Å². The molecule has 0 amide bonds. The van der Waals surface area contributed by atoms with Crippen LogP contribution in [0.2, 0.25) is 0 Å². The van der Waals surface area contributed by atoms with Crippen LogP contribution in [0.4, 0.5) is 0 Å². The molecule has 0 bridgehead atoms. The summed E-state index contributed by atoms with van der Waals surface area (Å²) in [6, 6.07) is 27.9. The van der Waals surface area contributed by atoms with Crippen LogP contribution >= 0.6 is 0 Å². The van der Waals surface area contributed by atoms with Crippen LogP contribution in [0.15, 0.2) is 72.8 Å². The van der Waals surface area contributed by atoms with E-state index in [0.29, 0.717) is 0 Å². The predicted molar refractivity (Wildman–Crippen MR) is 126 cm³/mol. The molecule has 2 aromatic carbocycles. The Kier molecular flexibility index (Phi) is 6.36. The van der Waals surface area contributed by atoms with Gasteiger partial charge in [-0.15, -0.1) is 0 Å². The van der Waals surface area contributed by atoms with Gasteiger partial charge in [-0.3, -0.25) is 0 Å². The fraction of sp³-hybridized carbons (Fsp3) is 0. The molecule has 0 spiro atoms. The van der Waals surface area contributed by atoms with E-state index in [-0.39, 0.29) is 40.4 Å². The summed E-state index contributed by atoms with van der Waals surface area (Å²) < 4.78 is 3.76. The molecular weight excluding hydrogens is 526 g/mol. The number of rotatable bonds is 2. The van der Waals surface area contributed by atoms with E-state index in [1.54, 1.807) is 0 Å². The van der Waals surface area contributed by atoms with Gasteiger partial charge < -0.3 is 0 Å². The van der Waals surface area contributed by atoms with E-state index >= 15 is 0 Å². The molecule has 0 unspecified atom stereocenters. The van der Waals surface area contributed by atoms with Gasteiger partial charge in [-0.2, -0.15) is 0 Å². The van der Waals surface area contributed by atoms with Crippen molar-refractivity contribution in [2.45, 2.75) is 0 Å². The molecule has 148 valence electrons. The average molecular weight is 538 g/mol. The van der Waals surface area contributed by atoms with Gasteiger partial charge in [-0.1, -0.05) is 0 Å². The van der Waals surface area contributed by atoms with Gasteiger partial charge >= 0.3 is 197 Å². The van der Waals surface area contributed by atoms with Crippen LogP contribution in [0.3, 0.4) is 0 Å². The van der Waals surface area contributed by atoms with Gasteiger partial charge in [0, 0.05) is 0 Å². The summed E-state index contributed by atoms with van der Waals surface area (Å²) in [6.45, 7) is 14.8. The molecule has 0 aliphatic heterocycles. The summed E-state index contributed by atoms with van der Waals surface area (Å²) in [5.74, 6) is 0.107. The van der Waals surface area contributed by atoms with E-state index < -0.39 is 0 Å². The van der Waals surface area contributed by atoms with Gasteiger partial charge in [-0.25, -0.2) is 0 Å². The first-order valence-corrected chi connectivity index (χ1v) is 12.8. The van der Waals surface area contributed by atoms with Gasteiger partial charge in [0.25, 0.3) is 0 Å². The third kappa shape index (κ3) is 4.02. The molecule has 0 saturated carbocycles. The Morgan fingerprint density at radius 1 is 0.688 bits per heavy atom. The molecule has 2 heterocycles. The molecule has 0 aliphatic carbocycles. The van der Waals surface area contributed by atoms with Crippen molar-refractivity contribution in [3.63, 3.8) is 0 Å². The molecule has 6 heteroatoms. The first-order chi connectivity index (χ1) is 15.7. The molecule has 0 saturated heterocycles. The minimum absolute atomic E-state index is 0.107. The third-order valence-corrected chi connectivity index (χ3v) is 10.3. The van der Waals surface area contributed by atoms with Crippen molar-refractivity contribution in [3.8, 4) is 34.4 Å². The van der Waals surface area contributed by atoms with Crippen molar-refractivity contribution in [2.75, 3.05) is 0 Å². The summed E-state index contributed by atoms with van der Waals surface area (Å²) in [6.07, 6.45) is 0. The standard InChI is InChI=1S/C26H12N4Se2/c1-29-26(30-2)23-14-21(18-11-7-4-8-12-18)25(32-23)24-20(17-9-5-3-6-10-17)13-22(31-24)19(15-27)16-28/h3-14H/b25-24+.